The highest BCUT2D eigenvalue weighted by Gasteiger charge is 2.36. The van der Waals surface area contributed by atoms with Gasteiger partial charge in [0, 0.05) is 18.5 Å². The summed E-state index contributed by atoms with van der Waals surface area (Å²) in [5.74, 6) is -0.140. The van der Waals surface area contributed by atoms with E-state index < -0.39 is 17.5 Å². The van der Waals surface area contributed by atoms with Crippen LogP contribution < -0.4 is 4.74 Å². The third-order valence-electron chi connectivity index (χ3n) is 4.23. The molecule has 1 aromatic carbocycles. The van der Waals surface area contributed by atoms with Gasteiger partial charge in [-0.3, -0.25) is 9.59 Å². The topological polar surface area (TPSA) is 76.1 Å². The lowest BCUT2D eigenvalue weighted by molar-refractivity contribution is -0.152. The van der Waals surface area contributed by atoms with Crippen molar-refractivity contribution in [1.82, 2.24) is 4.90 Å². The lowest BCUT2D eigenvalue weighted by Crippen LogP contribution is -2.51. The van der Waals surface area contributed by atoms with E-state index >= 15 is 0 Å². The maximum absolute atomic E-state index is 12.9. The quantitative estimate of drug-likeness (QED) is 0.860. The fourth-order valence-electron chi connectivity index (χ4n) is 3.05. The highest BCUT2D eigenvalue weighted by Crippen LogP contribution is 2.30. The van der Waals surface area contributed by atoms with Gasteiger partial charge in [-0.25, -0.2) is 0 Å². The van der Waals surface area contributed by atoms with Crippen molar-refractivity contribution in [2.24, 2.45) is 5.41 Å². The Kier molecular flexibility index (Phi) is 5.83. The van der Waals surface area contributed by atoms with E-state index in [0.29, 0.717) is 26.1 Å². The number of methoxy groups -OCH3 is 1. The molecule has 1 aromatic rings. The Bertz CT molecular complexity index is 599. The molecule has 6 nitrogen and oxygen atoms in total. The molecule has 0 saturated carbocycles. The number of hydrogen-bond donors (Lipinski definition) is 1. The van der Waals surface area contributed by atoms with Crippen LogP contribution >= 0.6 is 0 Å². The number of nitrogens with zero attached hydrogens (tertiary/aromatic N) is 1. The van der Waals surface area contributed by atoms with Gasteiger partial charge in [0.2, 0.25) is 5.91 Å². The molecule has 24 heavy (non-hydrogen) atoms. The molecule has 1 fully saturated rings. The van der Waals surface area contributed by atoms with Crippen molar-refractivity contribution in [3.05, 3.63) is 29.8 Å². The third kappa shape index (κ3) is 4.47. The summed E-state index contributed by atoms with van der Waals surface area (Å²) in [7, 11) is 1.62. The molecule has 6 heteroatoms. The van der Waals surface area contributed by atoms with Crippen LogP contribution in [0.3, 0.4) is 0 Å². The second kappa shape index (κ2) is 7.66. The van der Waals surface area contributed by atoms with Crippen molar-refractivity contribution < 1.29 is 24.2 Å². The number of morpholine rings is 1. The van der Waals surface area contributed by atoms with Gasteiger partial charge in [-0.1, -0.05) is 32.0 Å². The van der Waals surface area contributed by atoms with Gasteiger partial charge in [0.25, 0.3) is 0 Å². The third-order valence-corrected chi connectivity index (χ3v) is 4.23. The SMILES string of the molecule is COc1ccccc1CC(C)(C)C(=O)N1CCO[C@@H](CC(=O)O)C1. The first kappa shape index (κ1) is 18.3. The van der Waals surface area contributed by atoms with Gasteiger partial charge < -0.3 is 19.5 Å². The van der Waals surface area contributed by atoms with E-state index in [-0.39, 0.29) is 12.3 Å². The van der Waals surface area contributed by atoms with Crippen LogP contribution in [0.4, 0.5) is 0 Å². The number of benzene rings is 1. The molecule has 1 amide bonds. The minimum absolute atomic E-state index is 0.00657. The summed E-state index contributed by atoms with van der Waals surface area (Å²) >= 11 is 0. The summed E-state index contributed by atoms with van der Waals surface area (Å²) in [5, 5.41) is 8.91. The zero-order chi connectivity index (χ0) is 17.7. The first-order valence-electron chi connectivity index (χ1n) is 8.08. The predicted molar refractivity (Wildman–Crippen MR) is 89.1 cm³/mol. The molecule has 1 aliphatic rings. The lowest BCUT2D eigenvalue weighted by Gasteiger charge is -2.37. The second-order valence-corrected chi connectivity index (χ2v) is 6.71. The second-order valence-electron chi connectivity index (χ2n) is 6.71. The normalized spacial score (nSPS) is 18.3. The van der Waals surface area contributed by atoms with Crippen molar-refractivity contribution in [1.29, 1.82) is 0 Å². The summed E-state index contributed by atoms with van der Waals surface area (Å²) < 4.78 is 10.8. The van der Waals surface area contributed by atoms with Gasteiger partial charge in [0.1, 0.15) is 5.75 Å². The molecule has 132 valence electrons. The fraction of sp³-hybridized carbons (Fsp3) is 0.556. The van der Waals surface area contributed by atoms with Crippen LogP contribution in [0.5, 0.6) is 5.75 Å². The van der Waals surface area contributed by atoms with E-state index in [0.717, 1.165) is 11.3 Å². The average Bonchev–Trinajstić information content (AvgIpc) is 2.54. The Labute approximate surface area is 142 Å². The van der Waals surface area contributed by atoms with Crippen molar-refractivity contribution in [2.45, 2.75) is 32.8 Å². The standard InChI is InChI=1S/C18H25NO5/c1-18(2,11-13-6-4-5-7-15(13)23-3)17(22)19-8-9-24-14(12-19)10-16(20)21/h4-7,14H,8-12H2,1-3H3,(H,20,21)/t14-/m0/s1. The number of amides is 1. The number of para-hydroxylation sites is 1. The highest BCUT2D eigenvalue weighted by molar-refractivity contribution is 5.82. The van der Waals surface area contributed by atoms with Gasteiger partial charge in [-0.2, -0.15) is 0 Å². The van der Waals surface area contributed by atoms with Gasteiger partial charge in [-0.05, 0) is 18.1 Å². The monoisotopic (exact) mass is 335 g/mol. The molecule has 0 bridgehead atoms. The van der Waals surface area contributed by atoms with E-state index in [2.05, 4.69) is 0 Å². The molecule has 0 spiro atoms. The Balaban J connectivity index is 2.07. The number of rotatable bonds is 6. The van der Waals surface area contributed by atoms with Crippen LogP contribution in [-0.4, -0.2) is 54.8 Å². The molecular weight excluding hydrogens is 310 g/mol. The Morgan fingerprint density at radius 2 is 2.08 bits per heavy atom. The maximum atomic E-state index is 12.9. The molecule has 0 aromatic heterocycles. The van der Waals surface area contributed by atoms with Crippen molar-refractivity contribution in [3.8, 4) is 5.75 Å². The molecule has 0 radical (unpaired) electrons. The van der Waals surface area contributed by atoms with Crippen LogP contribution in [0.1, 0.15) is 25.8 Å². The first-order valence-corrected chi connectivity index (χ1v) is 8.08. The number of carbonyl (C=O) groups excluding carboxylic acids is 1. The smallest absolute Gasteiger partial charge is 0.306 e. The highest BCUT2D eigenvalue weighted by atomic mass is 16.5. The Morgan fingerprint density at radius 3 is 2.75 bits per heavy atom. The number of ether oxygens (including phenoxy) is 2. The number of carboxylic acid groups (broad SMARTS) is 1. The minimum Gasteiger partial charge on any atom is -0.496 e. The zero-order valence-electron chi connectivity index (χ0n) is 14.4. The number of carboxylic acids is 1. The zero-order valence-corrected chi connectivity index (χ0v) is 14.4. The molecule has 0 unspecified atom stereocenters. The van der Waals surface area contributed by atoms with E-state index in [4.69, 9.17) is 14.6 Å². The van der Waals surface area contributed by atoms with Crippen molar-refractivity contribution >= 4 is 11.9 Å². The van der Waals surface area contributed by atoms with Gasteiger partial charge >= 0.3 is 5.97 Å². The van der Waals surface area contributed by atoms with Crippen LogP contribution in [0.15, 0.2) is 24.3 Å². The van der Waals surface area contributed by atoms with E-state index in [1.54, 1.807) is 12.0 Å². The van der Waals surface area contributed by atoms with E-state index in [1.165, 1.54) is 0 Å². The number of carbonyl (C=O) groups is 2. The van der Waals surface area contributed by atoms with Crippen LogP contribution in [0.25, 0.3) is 0 Å². The summed E-state index contributed by atoms with van der Waals surface area (Å²) in [6.07, 6.45) is 0.0234. The molecule has 2 rings (SSSR count). The van der Waals surface area contributed by atoms with Crippen LogP contribution in [-0.2, 0) is 20.7 Å². The van der Waals surface area contributed by atoms with Crippen molar-refractivity contribution in [3.63, 3.8) is 0 Å². The lowest BCUT2D eigenvalue weighted by atomic mass is 9.83. The summed E-state index contributed by atoms with van der Waals surface area (Å²) in [6.45, 7) is 4.99. The first-order chi connectivity index (χ1) is 11.3. The fourth-order valence-corrected chi connectivity index (χ4v) is 3.05. The summed E-state index contributed by atoms with van der Waals surface area (Å²) in [6, 6.07) is 7.67. The van der Waals surface area contributed by atoms with Gasteiger partial charge in [-0.15, -0.1) is 0 Å². The van der Waals surface area contributed by atoms with Crippen molar-refractivity contribution in [2.75, 3.05) is 26.8 Å². The molecule has 0 aliphatic carbocycles. The van der Waals surface area contributed by atoms with E-state index in [9.17, 15) is 9.59 Å². The van der Waals surface area contributed by atoms with Crippen LogP contribution in [0, 0.1) is 5.41 Å². The number of hydrogen-bond acceptors (Lipinski definition) is 4. The Hall–Kier alpha value is -2.08. The molecule has 1 N–H and O–H groups in total. The van der Waals surface area contributed by atoms with E-state index in [1.807, 2.05) is 38.1 Å². The summed E-state index contributed by atoms with van der Waals surface area (Å²) in [5.41, 5.74) is 0.369. The molecule has 1 saturated heterocycles. The van der Waals surface area contributed by atoms with Gasteiger partial charge in [0.15, 0.2) is 0 Å². The minimum atomic E-state index is -0.914. The Morgan fingerprint density at radius 1 is 1.38 bits per heavy atom. The largest absolute Gasteiger partial charge is 0.496 e. The molecule has 1 heterocycles. The predicted octanol–water partition coefficient (Wildman–Crippen LogP) is 1.97. The maximum Gasteiger partial charge on any atom is 0.306 e. The molecule has 1 atom stereocenters. The molecule has 1 aliphatic heterocycles. The average molecular weight is 335 g/mol. The van der Waals surface area contributed by atoms with Gasteiger partial charge in [0.05, 0.1) is 26.2 Å². The molecular formula is C18H25NO5. The van der Waals surface area contributed by atoms with Crippen LogP contribution in [0.2, 0.25) is 0 Å². The summed E-state index contributed by atoms with van der Waals surface area (Å²) in [4.78, 5) is 25.5. The number of aliphatic carboxylic acids is 1.